The number of carbonyl (C=O) groups excluding carboxylic acids is 1. The molecule has 0 amide bonds. The van der Waals surface area contributed by atoms with E-state index in [1.165, 1.54) is 29.4 Å². The van der Waals surface area contributed by atoms with Gasteiger partial charge in [-0.1, -0.05) is 42.5 Å². The topological polar surface area (TPSA) is 44.8 Å². The Balaban J connectivity index is 1.57. The van der Waals surface area contributed by atoms with Gasteiger partial charge in [-0.15, -0.1) is 0 Å². The molecule has 30 heavy (non-hydrogen) atoms. The zero-order valence-electron chi connectivity index (χ0n) is 17.8. The summed E-state index contributed by atoms with van der Waals surface area (Å²) < 4.78 is 15.5. The van der Waals surface area contributed by atoms with E-state index in [2.05, 4.69) is 30.3 Å². The Hall–Kier alpha value is -3.27. The van der Waals surface area contributed by atoms with E-state index in [-0.39, 0.29) is 5.97 Å². The molecule has 0 radical (unpaired) electrons. The van der Waals surface area contributed by atoms with Crippen molar-refractivity contribution in [3.8, 4) is 11.5 Å². The van der Waals surface area contributed by atoms with Crippen molar-refractivity contribution in [2.75, 3.05) is 21.3 Å². The average molecular weight is 405 g/mol. The van der Waals surface area contributed by atoms with Crippen LogP contribution in [0.3, 0.4) is 0 Å². The number of benzene rings is 3. The number of aryl methyl sites for hydroxylation is 4. The average Bonchev–Trinajstić information content (AvgIpc) is 2.81. The van der Waals surface area contributed by atoms with E-state index < -0.39 is 0 Å². The Morgan fingerprint density at radius 3 is 1.73 bits per heavy atom. The summed E-state index contributed by atoms with van der Waals surface area (Å²) in [7, 11) is 4.71. The van der Waals surface area contributed by atoms with Crippen molar-refractivity contribution in [2.24, 2.45) is 0 Å². The van der Waals surface area contributed by atoms with E-state index in [0.29, 0.717) is 5.56 Å². The molecule has 0 bridgehead atoms. The monoisotopic (exact) mass is 404 g/mol. The first-order chi connectivity index (χ1) is 14.6. The van der Waals surface area contributed by atoms with Gasteiger partial charge in [0.2, 0.25) is 0 Å². The quantitative estimate of drug-likeness (QED) is 0.468. The summed E-state index contributed by atoms with van der Waals surface area (Å²) in [5.41, 5.74) is 5.65. The first-order valence-electron chi connectivity index (χ1n) is 10.1. The van der Waals surface area contributed by atoms with Gasteiger partial charge >= 0.3 is 5.97 Å². The Labute approximate surface area is 178 Å². The zero-order valence-corrected chi connectivity index (χ0v) is 17.8. The standard InChI is InChI=1S/C26H28O4/c1-28-24-16-13-22(18-25(24)29-2)10-9-21-6-4-5-20(17-21)8-7-19-11-14-23(15-12-19)26(27)30-3/h4-6,11-18H,7-10H2,1-3H3. The summed E-state index contributed by atoms with van der Waals surface area (Å²) in [6.07, 6.45) is 3.80. The molecule has 156 valence electrons. The van der Waals surface area contributed by atoms with Crippen LogP contribution < -0.4 is 9.47 Å². The van der Waals surface area contributed by atoms with Gasteiger partial charge in [-0.3, -0.25) is 0 Å². The number of carbonyl (C=O) groups is 1. The van der Waals surface area contributed by atoms with E-state index in [9.17, 15) is 4.79 Å². The molecular formula is C26H28O4. The maximum Gasteiger partial charge on any atom is 0.337 e. The molecule has 0 N–H and O–H groups in total. The largest absolute Gasteiger partial charge is 0.493 e. The molecule has 0 aliphatic carbocycles. The predicted octanol–water partition coefficient (Wildman–Crippen LogP) is 5.06. The van der Waals surface area contributed by atoms with Gasteiger partial charge in [0, 0.05) is 0 Å². The third-order valence-corrected chi connectivity index (χ3v) is 5.22. The Bertz CT molecular complexity index is 977. The van der Waals surface area contributed by atoms with Crippen LogP contribution in [0.4, 0.5) is 0 Å². The Kier molecular flexibility index (Phi) is 7.50. The van der Waals surface area contributed by atoms with Crippen molar-refractivity contribution in [3.63, 3.8) is 0 Å². The van der Waals surface area contributed by atoms with Gasteiger partial charge < -0.3 is 14.2 Å². The van der Waals surface area contributed by atoms with E-state index in [0.717, 1.165) is 37.2 Å². The smallest absolute Gasteiger partial charge is 0.337 e. The molecule has 0 atom stereocenters. The van der Waals surface area contributed by atoms with Crippen molar-refractivity contribution in [2.45, 2.75) is 25.7 Å². The lowest BCUT2D eigenvalue weighted by Gasteiger charge is -2.10. The molecule has 3 aromatic rings. The van der Waals surface area contributed by atoms with Crippen LogP contribution in [0.15, 0.2) is 66.7 Å². The fraction of sp³-hybridized carbons (Fsp3) is 0.269. The highest BCUT2D eigenvalue weighted by molar-refractivity contribution is 5.89. The minimum Gasteiger partial charge on any atom is -0.493 e. The number of methoxy groups -OCH3 is 3. The summed E-state index contributed by atoms with van der Waals surface area (Å²) in [6, 6.07) is 22.5. The summed E-state index contributed by atoms with van der Waals surface area (Å²) in [6.45, 7) is 0. The van der Waals surface area contributed by atoms with Crippen LogP contribution >= 0.6 is 0 Å². The summed E-state index contributed by atoms with van der Waals surface area (Å²) in [5, 5.41) is 0. The second kappa shape index (κ2) is 10.5. The first-order valence-corrected chi connectivity index (χ1v) is 10.1. The zero-order chi connectivity index (χ0) is 21.3. The van der Waals surface area contributed by atoms with Crippen LogP contribution in [0.25, 0.3) is 0 Å². The highest BCUT2D eigenvalue weighted by Crippen LogP contribution is 2.28. The lowest BCUT2D eigenvalue weighted by molar-refractivity contribution is 0.0600. The van der Waals surface area contributed by atoms with Gasteiger partial charge in [0.15, 0.2) is 11.5 Å². The van der Waals surface area contributed by atoms with Gasteiger partial charge in [0.1, 0.15) is 0 Å². The highest BCUT2D eigenvalue weighted by Gasteiger charge is 2.06. The third kappa shape index (κ3) is 5.63. The summed E-state index contributed by atoms with van der Waals surface area (Å²) in [5.74, 6) is 1.22. The Morgan fingerprint density at radius 1 is 0.633 bits per heavy atom. The van der Waals surface area contributed by atoms with Crippen molar-refractivity contribution < 1.29 is 19.0 Å². The predicted molar refractivity (Wildman–Crippen MR) is 119 cm³/mol. The van der Waals surface area contributed by atoms with Crippen molar-refractivity contribution in [1.82, 2.24) is 0 Å². The minimum absolute atomic E-state index is 0.302. The van der Waals surface area contributed by atoms with Crippen LogP contribution in [0.1, 0.15) is 32.6 Å². The van der Waals surface area contributed by atoms with Crippen molar-refractivity contribution >= 4 is 5.97 Å². The van der Waals surface area contributed by atoms with E-state index in [4.69, 9.17) is 14.2 Å². The SMILES string of the molecule is COC(=O)c1ccc(CCc2cccc(CCc3ccc(OC)c(OC)c3)c2)cc1. The van der Waals surface area contributed by atoms with E-state index in [1.807, 2.05) is 36.4 Å². The van der Waals surface area contributed by atoms with Crippen LogP contribution in [0, 0.1) is 0 Å². The van der Waals surface area contributed by atoms with Gasteiger partial charge in [-0.25, -0.2) is 4.79 Å². The third-order valence-electron chi connectivity index (χ3n) is 5.22. The van der Waals surface area contributed by atoms with Gasteiger partial charge in [-0.2, -0.15) is 0 Å². The van der Waals surface area contributed by atoms with Crippen LogP contribution in [0.2, 0.25) is 0 Å². The van der Waals surface area contributed by atoms with Crippen molar-refractivity contribution in [1.29, 1.82) is 0 Å². The number of rotatable bonds is 9. The molecule has 3 rings (SSSR count). The lowest BCUT2D eigenvalue weighted by atomic mass is 9.99. The number of hydrogen-bond acceptors (Lipinski definition) is 4. The van der Waals surface area contributed by atoms with E-state index in [1.54, 1.807) is 14.2 Å². The van der Waals surface area contributed by atoms with Crippen LogP contribution in [0.5, 0.6) is 11.5 Å². The molecule has 0 saturated carbocycles. The molecule has 0 aliphatic rings. The molecule has 4 heteroatoms. The fourth-order valence-electron chi connectivity index (χ4n) is 3.48. The second-order valence-electron chi connectivity index (χ2n) is 7.20. The van der Waals surface area contributed by atoms with Gasteiger partial charge in [0.05, 0.1) is 26.9 Å². The molecule has 3 aromatic carbocycles. The Morgan fingerprint density at radius 2 is 1.17 bits per heavy atom. The minimum atomic E-state index is -0.302. The lowest BCUT2D eigenvalue weighted by Crippen LogP contribution is -2.01. The molecule has 0 saturated heterocycles. The summed E-state index contributed by atoms with van der Waals surface area (Å²) >= 11 is 0. The van der Waals surface area contributed by atoms with Crippen molar-refractivity contribution in [3.05, 3.63) is 94.5 Å². The maximum absolute atomic E-state index is 11.5. The number of hydrogen-bond donors (Lipinski definition) is 0. The number of esters is 1. The van der Waals surface area contributed by atoms with E-state index >= 15 is 0 Å². The van der Waals surface area contributed by atoms with Crippen LogP contribution in [-0.4, -0.2) is 27.3 Å². The summed E-state index contributed by atoms with van der Waals surface area (Å²) in [4.78, 5) is 11.5. The van der Waals surface area contributed by atoms with Gasteiger partial charge in [0.25, 0.3) is 0 Å². The maximum atomic E-state index is 11.5. The first kappa shape index (κ1) is 21.4. The molecule has 4 nitrogen and oxygen atoms in total. The number of ether oxygens (including phenoxy) is 3. The molecular weight excluding hydrogens is 376 g/mol. The fourth-order valence-corrected chi connectivity index (χ4v) is 3.48. The van der Waals surface area contributed by atoms with Crippen LogP contribution in [-0.2, 0) is 30.4 Å². The van der Waals surface area contributed by atoms with Gasteiger partial charge in [-0.05, 0) is 72.2 Å². The highest BCUT2D eigenvalue weighted by atomic mass is 16.5. The molecule has 0 aliphatic heterocycles. The second-order valence-corrected chi connectivity index (χ2v) is 7.20. The normalized spacial score (nSPS) is 10.5. The molecule has 0 aromatic heterocycles. The molecule has 0 spiro atoms. The molecule has 0 heterocycles. The molecule has 0 fully saturated rings. The molecule has 0 unspecified atom stereocenters.